The number of aromatic amines is 1. The Morgan fingerprint density at radius 2 is 2.32 bits per heavy atom. The Kier molecular flexibility index (Phi) is 4.17. The van der Waals surface area contributed by atoms with Gasteiger partial charge in [-0.2, -0.15) is 0 Å². The van der Waals surface area contributed by atoms with Crippen LogP contribution in [0.1, 0.15) is 12.7 Å². The number of methoxy groups -OCH3 is 1. The maximum Gasteiger partial charge on any atom is 0.343 e. The van der Waals surface area contributed by atoms with Crippen LogP contribution in [-0.2, 0) is 17.9 Å². The van der Waals surface area contributed by atoms with Gasteiger partial charge in [0.2, 0.25) is 0 Å². The molecule has 0 atom stereocenters. The van der Waals surface area contributed by atoms with Crippen LogP contribution >= 0.6 is 11.8 Å². The molecule has 0 bridgehead atoms. The van der Waals surface area contributed by atoms with Crippen molar-refractivity contribution in [1.29, 1.82) is 0 Å². The topological polar surface area (TPSA) is 112 Å². The summed E-state index contributed by atoms with van der Waals surface area (Å²) in [6, 6.07) is 1.63. The van der Waals surface area contributed by atoms with Crippen molar-refractivity contribution in [2.45, 2.75) is 30.3 Å². The molecule has 0 saturated heterocycles. The van der Waals surface area contributed by atoms with E-state index in [9.17, 15) is 4.79 Å². The van der Waals surface area contributed by atoms with Crippen LogP contribution in [0.4, 0.5) is 5.82 Å². The molecule has 3 N–H and O–H groups in total. The zero-order valence-corrected chi connectivity index (χ0v) is 11.4. The Balaban J connectivity index is 2.29. The van der Waals surface area contributed by atoms with Crippen molar-refractivity contribution in [3.8, 4) is 0 Å². The highest BCUT2D eigenvalue weighted by atomic mass is 32.2. The number of nitrogens with one attached hydrogen (secondary N) is 1. The molecule has 0 aliphatic heterocycles. The van der Waals surface area contributed by atoms with E-state index >= 15 is 0 Å². The first-order valence-electron chi connectivity index (χ1n) is 5.59. The van der Waals surface area contributed by atoms with Crippen LogP contribution in [0.25, 0.3) is 0 Å². The van der Waals surface area contributed by atoms with Crippen LogP contribution in [-0.4, -0.2) is 31.8 Å². The quantitative estimate of drug-likeness (QED) is 0.756. The van der Waals surface area contributed by atoms with Crippen molar-refractivity contribution in [1.82, 2.24) is 24.7 Å². The average molecular weight is 282 g/mol. The van der Waals surface area contributed by atoms with Gasteiger partial charge in [-0.15, -0.1) is 5.10 Å². The fraction of sp³-hybridized carbons (Fsp3) is 0.400. The number of hydrogen-bond donors (Lipinski definition) is 2. The normalized spacial score (nSPS) is 10.8. The van der Waals surface area contributed by atoms with Crippen molar-refractivity contribution >= 4 is 17.6 Å². The molecule has 9 heteroatoms. The maximum absolute atomic E-state index is 11.5. The minimum Gasteiger partial charge on any atom is -0.384 e. The third kappa shape index (κ3) is 3.12. The van der Waals surface area contributed by atoms with Crippen molar-refractivity contribution < 1.29 is 4.74 Å². The van der Waals surface area contributed by atoms with Gasteiger partial charge in [0.1, 0.15) is 17.5 Å². The highest BCUT2D eigenvalue weighted by molar-refractivity contribution is 7.99. The van der Waals surface area contributed by atoms with Gasteiger partial charge in [0.25, 0.3) is 0 Å². The zero-order valence-electron chi connectivity index (χ0n) is 10.6. The Hall–Kier alpha value is -1.87. The molecule has 0 unspecified atom stereocenters. The molecule has 8 nitrogen and oxygen atoms in total. The monoisotopic (exact) mass is 282 g/mol. The standard InChI is InChI=1S/C10H14N6O2S/c1-3-16-9(17)14-15-10(16)19-8-4-6(11)12-7(13-8)5-18-2/h4H,3,5H2,1-2H3,(H,14,17)(H2,11,12,13). The second kappa shape index (κ2) is 5.85. The van der Waals surface area contributed by atoms with Crippen molar-refractivity contribution in [3.63, 3.8) is 0 Å². The van der Waals surface area contributed by atoms with E-state index in [2.05, 4.69) is 20.2 Å². The summed E-state index contributed by atoms with van der Waals surface area (Å²) in [5.74, 6) is 0.844. The SMILES string of the molecule is CCn1c(Sc2cc(N)nc(COC)n2)n[nH]c1=O. The van der Waals surface area contributed by atoms with Gasteiger partial charge in [-0.3, -0.25) is 4.57 Å². The lowest BCUT2D eigenvalue weighted by Crippen LogP contribution is -2.16. The highest BCUT2D eigenvalue weighted by Gasteiger charge is 2.11. The molecule has 2 aromatic heterocycles. The van der Waals surface area contributed by atoms with Crippen LogP contribution in [0.15, 0.2) is 21.0 Å². The van der Waals surface area contributed by atoms with Gasteiger partial charge in [0.05, 0.1) is 0 Å². The first-order valence-corrected chi connectivity index (χ1v) is 6.41. The predicted molar refractivity (Wildman–Crippen MR) is 69.8 cm³/mol. The summed E-state index contributed by atoms with van der Waals surface area (Å²) in [7, 11) is 1.56. The van der Waals surface area contributed by atoms with Gasteiger partial charge in [-0.1, -0.05) is 0 Å². The van der Waals surface area contributed by atoms with Crippen LogP contribution < -0.4 is 11.4 Å². The number of H-pyrrole nitrogens is 1. The molecule has 2 rings (SSSR count). The van der Waals surface area contributed by atoms with E-state index in [-0.39, 0.29) is 12.3 Å². The molecule has 0 saturated carbocycles. The lowest BCUT2D eigenvalue weighted by molar-refractivity contribution is 0.177. The third-order valence-corrected chi connectivity index (χ3v) is 3.19. The Bertz CT molecular complexity index is 623. The molecule has 0 amide bonds. The molecule has 0 radical (unpaired) electrons. The van der Waals surface area contributed by atoms with Crippen LogP contribution in [0.2, 0.25) is 0 Å². The van der Waals surface area contributed by atoms with Crippen molar-refractivity contribution in [3.05, 3.63) is 22.4 Å². The highest BCUT2D eigenvalue weighted by Crippen LogP contribution is 2.24. The van der Waals surface area contributed by atoms with E-state index in [1.165, 1.54) is 16.3 Å². The molecular weight excluding hydrogens is 268 g/mol. The molecule has 19 heavy (non-hydrogen) atoms. The van der Waals surface area contributed by atoms with E-state index in [1.807, 2.05) is 6.92 Å². The Morgan fingerprint density at radius 3 is 3.00 bits per heavy atom. The minimum absolute atomic E-state index is 0.246. The van der Waals surface area contributed by atoms with Crippen molar-refractivity contribution in [2.24, 2.45) is 0 Å². The molecule has 0 aliphatic rings. The second-order valence-electron chi connectivity index (χ2n) is 3.64. The lowest BCUT2D eigenvalue weighted by atomic mass is 10.5. The van der Waals surface area contributed by atoms with Crippen LogP contribution in [0.3, 0.4) is 0 Å². The molecule has 2 aromatic rings. The summed E-state index contributed by atoms with van der Waals surface area (Å²) in [5, 5.41) is 7.50. The fourth-order valence-electron chi connectivity index (χ4n) is 1.49. The first-order chi connectivity index (χ1) is 9.13. The van der Waals surface area contributed by atoms with E-state index < -0.39 is 0 Å². The molecule has 0 fully saturated rings. The number of nitrogen functional groups attached to an aromatic ring is 1. The van der Waals surface area contributed by atoms with Crippen LogP contribution in [0, 0.1) is 0 Å². The number of nitrogens with two attached hydrogens (primary N) is 1. The summed E-state index contributed by atoms with van der Waals surface area (Å²) < 4.78 is 6.48. The van der Waals surface area contributed by atoms with Gasteiger partial charge in [0, 0.05) is 19.7 Å². The fourth-order valence-corrected chi connectivity index (χ4v) is 2.42. The van der Waals surface area contributed by atoms with E-state index in [0.717, 1.165) is 0 Å². The molecule has 102 valence electrons. The summed E-state index contributed by atoms with van der Waals surface area (Å²) in [5.41, 5.74) is 5.46. The maximum atomic E-state index is 11.5. The predicted octanol–water partition coefficient (Wildman–Crippen LogP) is 0.261. The van der Waals surface area contributed by atoms with Crippen LogP contribution in [0.5, 0.6) is 0 Å². The largest absolute Gasteiger partial charge is 0.384 e. The first kappa shape index (κ1) is 13.6. The number of rotatable bonds is 5. The number of ether oxygens (including phenoxy) is 1. The lowest BCUT2D eigenvalue weighted by Gasteiger charge is -2.05. The summed E-state index contributed by atoms with van der Waals surface area (Å²) >= 11 is 1.25. The Labute approximate surface area is 113 Å². The van der Waals surface area contributed by atoms with Crippen molar-refractivity contribution in [2.75, 3.05) is 12.8 Å². The summed E-state index contributed by atoms with van der Waals surface area (Å²) in [6.07, 6.45) is 0. The van der Waals surface area contributed by atoms with E-state index in [4.69, 9.17) is 10.5 Å². The summed E-state index contributed by atoms with van der Waals surface area (Å²) in [4.78, 5) is 19.8. The van der Waals surface area contributed by atoms with Gasteiger partial charge in [-0.05, 0) is 18.7 Å². The van der Waals surface area contributed by atoms with Gasteiger partial charge in [0.15, 0.2) is 11.0 Å². The zero-order chi connectivity index (χ0) is 13.8. The van der Waals surface area contributed by atoms with Gasteiger partial charge < -0.3 is 10.5 Å². The smallest absolute Gasteiger partial charge is 0.343 e. The average Bonchev–Trinajstić information content (AvgIpc) is 2.69. The number of hydrogen-bond acceptors (Lipinski definition) is 7. The number of aromatic nitrogens is 5. The molecule has 2 heterocycles. The third-order valence-electron chi connectivity index (χ3n) is 2.28. The molecule has 0 aromatic carbocycles. The molecule has 0 spiro atoms. The number of nitrogens with zero attached hydrogens (tertiary/aromatic N) is 4. The Morgan fingerprint density at radius 1 is 1.53 bits per heavy atom. The van der Waals surface area contributed by atoms with Gasteiger partial charge >= 0.3 is 5.69 Å². The second-order valence-corrected chi connectivity index (χ2v) is 4.63. The minimum atomic E-state index is -0.246. The van der Waals surface area contributed by atoms with E-state index in [0.29, 0.717) is 28.4 Å². The van der Waals surface area contributed by atoms with E-state index in [1.54, 1.807) is 13.2 Å². The molecular formula is C10H14N6O2S. The number of anilines is 1. The molecule has 0 aliphatic carbocycles. The summed E-state index contributed by atoms with van der Waals surface area (Å²) in [6.45, 7) is 2.68. The van der Waals surface area contributed by atoms with Gasteiger partial charge in [-0.25, -0.2) is 19.9 Å².